The van der Waals surface area contributed by atoms with Gasteiger partial charge in [0.15, 0.2) is 6.61 Å². The predicted octanol–water partition coefficient (Wildman–Crippen LogP) is 5.45. The molecule has 0 atom stereocenters. The van der Waals surface area contributed by atoms with Crippen molar-refractivity contribution in [3.05, 3.63) is 102 Å². The van der Waals surface area contributed by atoms with Gasteiger partial charge in [-0.15, -0.1) is 10.2 Å². The SMILES string of the molecule is O=C(OCc1nnc(-c2ccccc2)o1)c1cc(-c2ccc(F)cc2)nc2ccccc12. The van der Waals surface area contributed by atoms with E-state index in [1.54, 1.807) is 24.3 Å². The number of carbonyl (C=O) groups excluding carboxylic acids is 1. The molecule has 0 N–H and O–H groups in total. The van der Waals surface area contributed by atoms with Gasteiger partial charge in [0.05, 0.1) is 16.8 Å². The first-order chi connectivity index (χ1) is 15.7. The molecule has 0 bridgehead atoms. The van der Waals surface area contributed by atoms with Gasteiger partial charge < -0.3 is 9.15 Å². The summed E-state index contributed by atoms with van der Waals surface area (Å²) >= 11 is 0. The van der Waals surface area contributed by atoms with Crippen molar-refractivity contribution >= 4 is 16.9 Å². The topological polar surface area (TPSA) is 78.1 Å². The first-order valence-electron chi connectivity index (χ1n) is 9.88. The normalized spacial score (nSPS) is 10.9. The van der Waals surface area contributed by atoms with Crippen LogP contribution in [0.5, 0.6) is 0 Å². The van der Waals surface area contributed by atoms with Crippen LogP contribution in [0.25, 0.3) is 33.6 Å². The van der Waals surface area contributed by atoms with E-state index in [1.165, 1.54) is 12.1 Å². The van der Waals surface area contributed by atoms with Gasteiger partial charge >= 0.3 is 5.97 Å². The second kappa shape index (κ2) is 8.39. The molecule has 0 unspecified atom stereocenters. The van der Waals surface area contributed by atoms with Crippen LogP contribution in [-0.2, 0) is 11.3 Å². The minimum Gasteiger partial charge on any atom is -0.452 e. The van der Waals surface area contributed by atoms with E-state index >= 15 is 0 Å². The van der Waals surface area contributed by atoms with E-state index in [0.29, 0.717) is 33.6 Å². The summed E-state index contributed by atoms with van der Waals surface area (Å²) in [4.78, 5) is 17.5. The lowest BCUT2D eigenvalue weighted by Crippen LogP contribution is -2.07. The molecule has 2 heterocycles. The van der Waals surface area contributed by atoms with Crippen LogP contribution in [0.15, 0.2) is 89.3 Å². The standard InChI is InChI=1S/C25H16FN3O3/c26-18-12-10-16(11-13-18)22-14-20(19-8-4-5-9-21(19)27-22)25(30)31-15-23-28-29-24(32-23)17-6-2-1-3-7-17/h1-14H,15H2. The van der Waals surface area contributed by atoms with E-state index in [0.717, 1.165) is 5.56 Å². The maximum Gasteiger partial charge on any atom is 0.339 e. The van der Waals surface area contributed by atoms with Crippen LogP contribution in [0, 0.1) is 5.82 Å². The molecule has 6 nitrogen and oxygen atoms in total. The minimum absolute atomic E-state index is 0.165. The number of benzene rings is 3. The number of ether oxygens (including phenoxy) is 1. The van der Waals surface area contributed by atoms with E-state index in [-0.39, 0.29) is 18.3 Å². The summed E-state index contributed by atoms with van der Waals surface area (Å²) in [5.41, 5.74) is 2.99. The fraction of sp³-hybridized carbons (Fsp3) is 0.0400. The summed E-state index contributed by atoms with van der Waals surface area (Å²) in [7, 11) is 0. The number of pyridine rings is 1. The molecule has 7 heteroatoms. The number of hydrogen-bond acceptors (Lipinski definition) is 6. The van der Waals surface area contributed by atoms with Gasteiger partial charge in [0.1, 0.15) is 5.82 Å². The van der Waals surface area contributed by atoms with Gasteiger partial charge in [0, 0.05) is 16.5 Å². The average molecular weight is 425 g/mol. The fourth-order valence-electron chi connectivity index (χ4n) is 3.33. The summed E-state index contributed by atoms with van der Waals surface area (Å²) < 4.78 is 24.4. The summed E-state index contributed by atoms with van der Waals surface area (Å²) in [5, 5.41) is 8.60. The van der Waals surface area contributed by atoms with Crippen LogP contribution in [0.3, 0.4) is 0 Å². The first kappa shape index (κ1) is 19.6. The largest absolute Gasteiger partial charge is 0.452 e. The Morgan fingerprint density at radius 1 is 0.875 bits per heavy atom. The molecule has 156 valence electrons. The lowest BCUT2D eigenvalue weighted by molar-refractivity contribution is 0.0441. The molecule has 3 aromatic carbocycles. The van der Waals surface area contributed by atoms with Crippen molar-refractivity contribution in [3.63, 3.8) is 0 Å². The monoisotopic (exact) mass is 425 g/mol. The third-order valence-corrected chi connectivity index (χ3v) is 4.89. The smallest absolute Gasteiger partial charge is 0.339 e. The van der Waals surface area contributed by atoms with Crippen molar-refractivity contribution in [2.75, 3.05) is 0 Å². The zero-order valence-electron chi connectivity index (χ0n) is 16.7. The Hall–Kier alpha value is -4.39. The summed E-state index contributed by atoms with van der Waals surface area (Å²) in [6.45, 7) is -0.165. The molecule has 2 aromatic heterocycles. The lowest BCUT2D eigenvalue weighted by Gasteiger charge is -2.09. The molecule has 0 saturated carbocycles. The predicted molar refractivity (Wildman–Crippen MR) is 116 cm³/mol. The van der Waals surface area contributed by atoms with Crippen LogP contribution in [0.4, 0.5) is 4.39 Å². The highest BCUT2D eigenvalue weighted by molar-refractivity contribution is 6.04. The molecular formula is C25H16FN3O3. The second-order valence-corrected chi connectivity index (χ2v) is 7.02. The van der Waals surface area contributed by atoms with Crippen LogP contribution < -0.4 is 0 Å². The summed E-state index contributed by atoms with van der Waals surface area (Å²) in [5.74, 6) is -0.353. The van der Waals surface area contributed by atoms with Crippen molar-refractivity contribution in [3.8, 4) is 22.7 Å². The Labute approximate surface area is 182 Å². The number of aromatic nitrogens is 3. The highest BCUT2D eigenvalue weighted by atomic mass is 19.1. The number of halogens is 1. The van der Waals surface area contributed by atoms with Crippen molar-refractivity contribution in [1.29, 1.82) is 0 Å². The highest BCUT2D eigenvalue weighted by Crippen LogP contribution is 2.26. The summed E-state index contributed by atoms with van der Waals surface area (Å²) in [6.07, 6.45) is 0. The highest BCUT2D eigenvalue weighted by Gasteiger charge is 2.17. The third kappa shape index (κ3) is 3.96. The van der Waals surface area contributed by atoms with E-state index < -0.39 is 5.97 Å². The number of fused-ring (bicyclic) bond motifs is 1. The van der Waals surface area contributed by atoms with Gasteiger partial charge in [-0.2, -0.15) is 0 Å². The van der Waals surface area contributed by atoms with Gasteiger partial charge in [0.25, 0.3) is 5.89 Å². The Kier molecular flexibility index (Phi) is 5.13. The molecule has 0 spiro atoms. The van der Waals surface area contributed by atoms with E-state index in [9.17, 15) is 9.18 Å². The second-order valence-electron chi connectivity index (χ2n) is 7.02. The number of para-hydroxylation sites is 1. The fourth-order valence-corrected chi connectivity index (χ4v) is 3.33. The Morgan fingerprint density at radius 2 is 1.62 bits per heavy atom. The first-order valence-corrected chi connectivity index (χ1v) is 9.88. The van der Waals surface area contributed by atoms with Gasteiger partial charge in [-0.3, -0.25) is 0 Å². The van der Waals surface area contributed by atoms with Crippen LogP contribution >= 0.6 is 0 Å². The van der Waals surface area contributed by atoms with Gasteiger partial charge in [-0.05, 0) is 48.5 Å². The van der Waals surface area contributed by atoms with Crippen molar-refractivity contribution in [2.24, 2.45) is 0 Å². The zero-order chi connectivity index (χ0) is 21.9. The van der Waals surface area contributed by atoms with Gasteiger partial charge in [0.2, 0.25) is 5.89 Å². The molecule has 0 aliphatic rings. The number of carbonyl (C=O) groups is 1. The van der Waals surface area contributed by atoms with Crippen molar-refractivity contribution in [2.45, 2.75) is 6.61 Å². The molecule has 32 heavy (non-hydrogen) atoms. The van der Waals surface area contributed by atoms with E-state index in [1.807, 2.05) is 48.5 Å². The molecule has 5 rings (SSSR count). The molecule has 0 aliphatic heterocycles. The van der Waals surface area contributed by atoms with E-state index in [4.69, 9.17) is 9.15 Å². The Balaban J connectivity index is 1.42. The van der Waals surface area contributed by atoms with Crippen molar-refractivity contribution < 1.29 is 18.3 Å². The number of hydrogen-bond donors (Lipinski definition) is 0. The van der Waals surface area contributed by atoms with E-state index in [2.05, 4.69) is 15.2 Å². The minimum atomic E-state index is -0.550. The van der Waals surface area contributed by atoms with Gasteiger partial charge in [-0.25, -0.2) is 14.2 Å². The lowest BCUT2D eigenvalue weighted by atomic mass is 10.0. The third-order valence-electron chi connectivity index (χ3n) is 4.89. The molecule has 0 amide bonds. The molecule has 0 saturated heterocycles. The maximum atomic E-state index is 13.3. The van der Waals surface area contributed by atoms with Gasteiger partial charge in [-0.1, -0.05) is 36.4 Å². The van der Waals surface area contributed by atoms with Crippen LogP contribution in [0.1, 0.15) is 16.2 Å². The number of nitrogens with zero attached hydrogens (tertiary/aromatic N) is 3. The molecule has 0 radical (unpaired) electrons. The Morgan fingerprint density at radius 3 is 2.44 bits per heavy atom. The zero-order valence-corrected chi connectivity index (χ0v) is 16.7. The Bertz CT molecular complexity index is 1400. The quantitative estimate of drug-likeness (QED) is 0.349. The summed E-state index contributed by atoms with van der Waals surface area (Å²) in [6, 6.07) is 24.2. The molecular weight excluding hydrogens is 409 g/mol. The molecule has 5 aromatic rings. The van der Waals surface area contributed by atoms with Crippen LogP contribution in [0.2, 0.25) is 0 Å². The number of esters is 1. The average Bonchev–Trinajstić information content (AvgIpc) is 3.32. The van der Waals surface area contributed by atoms with Crippen LogP contribution in [-0.4, -0.2) is 21.2 Å². The number of rotatable bonds is 5. The maximum absolute atomic E-state index is 13.3. The van der Waals surface area contributed by atoms with Crippen molar-refractivity contribution in [1.82, 2.24) is 15.2 Å². The molecule has 0 aliphatic carbocycles. The molecule has 0 fully saturated rings.